The third-order valence-corrected chi connectivity index (χ3v) is 3.63. The van der Waals surface area contributed by atoms with E-state index in [4.69, 9.17) is 10.3 Å². The third kappa shape index (κ3) is 3.07. The highest BCUT2D eigenvalue weighted by molar-refractivity contribution is 5.54. The topological polar surface area (TPSA) is 64.9 Å². The van der Waals surface area contributed by atoms with Gasteiger partial charge in [-0.3, -0.25) is 0 Å². The predicted octanol–water partition coefficient (Wildman–Crippen LogP) is 3.39. The summed E-state index contributed by atoms with van der Waals surface area (Å²) in [6, 6.07) is 8.24. The zero-order valence-electron chi connectivity index (χ0n) is 12.6. The molecular weight excluding hydrogens is 250 g/mol. The van der Waals surface area contributed by atoms with Gasteiger partial charge in [0.2, 0.25) is 11.7 Å². The molecule has 0 aliphatic heterocycles. The molecule has 0 amide bonds. The first-order valence-electron chi connectivity index (χ1n) is 7.21. The lowest BCUT2D eigenvalue weighted by Gasteiger charge is -2.20. The summed E-state index contributed by atoms with van der Waals surface area (Å²) in [5.74, 6) is 1.72. The lowest BCUT2D eigenvalue weighted by molar-refractivity contribution is 0.300. The van der Waals surface area contributed by atoms with Crippen LogP contribution in [-0.2, 0) is 6.42 Å². The molecule has 2 N–H and O–H groups in total. The fraction of sp³-hybridized carbons (Fsp3) is 0.500. The van der Waals surface area contributed by atoms with Crippen LogP contribution < -0.4 is 5.73 Å². The molecule has 0 saturated carbocycles. The summed E-state index contributed by atoms with van der Waals surface area (Å²) in [6.45, 7) is 8.35. The fourth-order valence-corrected chi connectivity index (χ4v) is 2.49. The molecule has 0 aliphatic rings. The predicted molar refractivity (Wildman–Crippen MR) is 80.3 cm³/mol. The Balaban J connectivity index is 2.27. The van der Waals surface area contributed by atoms with Crippen LogP contribution in [-0.4, -0.2) is 16.2 Å². The van der Waals surface area contributed by atoms with Crippen molar-refractivity contribution in [3.63, 3.8) is 0 Å². The molecule has 4 heteroatoms. The van der Waals surface area contributed by atoms with E-state index in [9.17, 15) is 0 Å². The number of nitrogens with two attached hydrogens (primary N) is 1. The molecule has 1 heterocycles. The number of benzene rings is 1. The first kappa shape index (κ1) is 14.7. The number of aryl methyl sites for hydroxylation is 1. The van der Waals surface area contributed by atoms with Gasteiger partial charge in [0.15, 0.2) is 0 Å². The lowest BCUT2D eigenvalue weighted by atomic mass is 9.90. The number of nitrogens with zero attached hydrogens (tertiary/aromatic N) is 2. The van der Waals surface area contributed by atoms with Gasteiger partial charge in [-0.25, -0.2) is 0 Å². The molecule has 1 aromatic heterocycles. The molecule has 2 rings (SSSR count). The SMILES string of the molecule is CCc1ccc(-c2noc(C(C(C)C)C(C)N)n2)cc1. The van der Waals surface area contributed by atoms with Crippen LogP contribution in [0.1, 0.15) is 45.1 Å². The van der Waals surface area contributed by atoms with Crippen LogP contribution in [0.15, 0.2) is 28.8 Å². The van der Waals surface area contributed by atoms with E-state index >= 15 is 0 Å². The Hall–Kier alpha value is -1.68. The second-order valence-electron chi connectivity index (χ2n) is 5.64. The molecule has 0 bridgehead atoms. The maximum atomic E-state index is 6.03. The van der Waals surface area contributed by atoms with Crippen LogP contribution in [0.25, 0.3) is 11.4 Å². The molecule has 0 aliphatic carbocycles. The molecule has 2 aromatic rings. The minimum atomic E-state index is -0.00855. The van der Waals surface area contributed by atoms with Crippen molar-refractivity contribution >= 4 is 0 Å². The highest BCUT2D eigenvalue weighted by Crippen LogP contribution is 2.27. The van der Waals surface area contributed by atoms with Crippen molar-refractivity contribution in [2.24, 2.45) is 11.7 Å². The minimum absolute atomic E-state index is 0.00855. The van der Waals surface area contributed by atoms with Gasteiger partial charge in [0.05, 0.1) is 5.92 Å². The van der Waals surface area contributed by atoms with E-state index in [2.05, 4.69) is 43.0 Å². The highest BCUT2D eigenvalue weighted by atomic mass is 16.5. The average Bonchev–Trinajstić information content (AvgIpc) is 2.87. The van der Waals surface area contributed by atoms with E-state index in [1.807, 2.05) is 19.1 Å². The summed E-state index contributed by atoms with van der Waals surface area (Å²) < 4.78 is 5.42. The number of hydrogen-bond acceptors (Lipinski definition) is 4. The summed E-state index contributed by atoms with van der Waals surface area (Å²) in [4.78, 5) is 4.52. The van der Waals surface area contributed by atoms with Gasteiger partial charge in [0.25, 0.3) is 0 Å². The smallest absolute Gasteiger partial charge is 0.231 e. The maximum Gasteiger partial charge on any atom is 0.231 e. The molecule has 2 unspecified atom stereocenters. The Kier molecular flexibility index (Phi) is 4.55. The molecule has 0 spiro atoms. The zero-order valence-corrected chi connectivity index (χ0v) is 12.6. The quantitative estimate of drug-likeness (QED) is 0.907. The zero-order chi connectivity index (χ0) is 14.7. The van der Waals surface area contributed by atoms with Gasteiger partial charge in [-0.1, -0.05) is 50.2 Å². The van der Waals surface area contributed by atoms with Crippen molar-refractivity contribution in [2.75, 3.05) is 0 Å². The first-order valence-corrected chi connectivity index (χ1v) is 7.21. The highest BCUT2D eigenvalue weighted by Gasteiger charge is 2.26. The van der Waals surface area contributed by atoms with Gasteiger partial charge in [-0.15, -0.1) is 0 Å². The summed E-state index contributed by atoms with van der Waals surface area (Å²) >= 11 is 0. The standard InChI is InChI=1S/C16H23N3O/c1-5-12-6-8-13(9-7-12)15-18-16(20-19-15)14(10(2)3)11(4)17/h6-11,14H,5,17H2,1-4H3. The number of aromatic nitrogens is 2. The van der Waals surface area contributed by atoms with Crippen LogP contribution in [0.2, 0.25) is 0 Å². The summed E-state index contributed by atoms with van der Waals surface area (Å²) in [7, 11) is 0. The fourth-order valence-electron chi connectivity index (χ4n) is 2.49. The van der Waals surface area contributed by atoms with Crippen LogP contribution in [0.3, 0.4) is 0 Å². The molecule has 20 heavy (non-hydrogen) atoms. The number of hydrogen-bond donors (Lipinski definition) is 1. The third-order valence-electron chi connectivity index (χ3n) is 3.63. The molecule has 0 saturated heterocycles. The number of rotatable bonds is 5. The Bertz CT molecular complexity index is 535. The van der Waals surface area contributed by atoms with E-state index in [0.29, 0.717) is 17.6 Å². The van der Waals surface area contributed by atoms with Gasteiger partial charge in [-0.05, 0) is 24.8 Å². The maximum absolute atomic E-state index is 6.03. The average molecular weight is 273 g/mol. The van der Waals surface area contributed by atoms with Gasteiger partial charge >= 0.3 is 0 Å². The Morgan fingerprint density at radius 1 is 1.15 bits per heavy atom. The van der Waals surface area contributed by atoms with Crippen molar-refractivity contribution in [3.8, 4) is 11.4 Å². The van der Waals surface area contributed by atoms with E-state index in [0.717, 1.165) is 12.0 Å². The monoisotopic (exact) mass is 273 g/mol. The van der Waals surface area contributed by atoms with Crippen molar-refractivity contribution in [2.45, 2.75) is 46.1 Å². The van der Waals surface area contributed by atoms with Crippen LogP contribution in [0.5, 0.6) is 0 Å². The van der Waals surface area contributed by atoms with Gasteiger partial charge in [0.1, 0.15) is 0 Å². The van der Waals surface area contributed by atoms with Gasteiger partial charge in [-0.2, -0.15) is 4.98 Å². The molecule has 4 nitrogen and oxygen atoms in total. The van der Waals surface area contributed by atoms with Crippen LogP contribution >= 0.6 is 0 Å². The molecule has 1 aromatic carbocycles. The van der Waals surface area contributed by atoms with Crippen molar-refractivity contribution in [1.29, 1.82) is 0 Å². The van der Waals surface area contributed by atoms with Gasteiger partial charge < -0.3 is 10.3 Å². The van der Waals surface area contributed by atoms with Crippen molar-refractivity contribution < 1.29 is 4.52 Å². The largest absolute Gasteiger partial charge is 0.339 e. The van der Waals surface area contributed by atoms with Crippen molar-refractivity contribution in [1.82, 2.24) is 10.1 Å². The van der Waals surface area contributed by atoms with Crippen LogP contribution in [0, 0.1) is 5.92 Å². The summed E-state index contributed by atoms with van der Waals surface area (Å²) in [5.41, 5.74) is 8.30. The van der Waals surface area contributed by atoms with E-state index < -0.39 is 0 Å². The molecule has 0 radical (unpaired) electrons. The van der Waals surface area contributed by atoms with Crippen LogP contribution in [0.4, 0.5) is 0 Å². The van der Waals surface area contributed by atoms with E-state index in [1.165, 1.54) is 5.56 Å². The normalized spacial score (nSPS) is 14.5. The second-order valence-corrected chi connectivity index (χ2v) is 5.64. The summed E-state index contributed by atoms with van der Waals surface area (Å²) in [5, 5.41) is 4.09. The summed E-state index contributed by atoms with van der Waals surface area (Å²) in [6.07, 6.45) is 1.03. The molecular formula is C16H23N3O. The Morgan fingerprint density at radius 3 is 2.30 bits per heavy atom. The molecule has 108 valence electrons. The molecule has 2 atom stereocenters. The first-order chi connectivity index (χ1) is 9.52. The molecule has 0 fully saturated rings. The Labute approximate surface area is 120 Å². The lowest BCUT2D eigenvalue weighted by Crippen LogP contribution is -2.28. The van der Waals surface area contributed by atoms with Gasteiger partial charge in [0, 0.05) is 11.6 Å². The Morgan fingerprint density at radius 2 is 1.80 bits per heavy atom. The van der Waals surface area contributed by atoms with Crippen molar-refractivity contribution in [3.05, 3.63) is 35.7 Å². The second kappa shape index (κ2) is 6.18. The minimum Gasteiger partial charge on any atom is -0.339 e. The van der Waals surface area contributed by atoms with E-state index in [1.54, 1.807) is 0 Å². The van der Waals surface area contributed by atoms with E-state index in [-0.39, 0.29) is 12.0 Å².